The lowest BCUT2D eigenvalue weighted by Gasteiger charge is -2.27. The van der Waals surface area contributed by atoms with Crippen molar-refractivity contribution in [1.29, 1.82) is 0 Å². The van der Waals surface area contributed by atoms with Gasteiger partial charge in [0.1, 0.15) is 5.75 Å². The van der Waals surface area contributed by atoms with Crippen LogP contribution in [-0.4, -0.2) is 42.0 Å². The summed E-state index contributed by atoms with van der Waals surface area (Å²) in [7, 11) is 1.64. The molecule has 3 N–H and O–H groups in total. The van der Waals surface area contributed by atoms with Crippen LogP contribution in [0.5, 0.6) is 5.75 Å². The third-order valence-electron chi connectivity index (χ3n) is 4.80. The van der Waals surface area contributed by atoms with E-state index >= 15 is 0 Å². The van der Waals surface area contributed by atoms with Gasteiger partial charge in [-0.05, 0) is 30.2 Å². The average molecular weight is 458 g/mol. The van der Waals surface area contributed by atoms with E-state index in [1.54, 1.807) is 7.11 Å². The van der Waals surface area contributed by atoms with Crippen LogP contribution in [0.4, 0.5) is 0 Å². The quantitative estimate of drug-likeness (QED) is 0.480. The Labute approximate surface area is 195 Å². The van der Waals surface area contributed by atoms with Gasteiger partial charge < -0.3 is 15.4 Å². The molecule has 32 heavy (non-hydrogen) atoms. The number of hydrogen-bond acceptors (Lipinski definition) is 5. The van der Waals surface area contributed by atoms with E-state index < -0.39 is 6.04 Å². The van der Waals surface area contributed by atoms with E-state index in [-0.39, 0.29) is 29.1 Å². The van der Waals surface area contributed by atoms with Crippen LogP contribution in [-0.2, 0) is 16.1 Å². The smallest absolute Gasteiger partial charge is 0.239 e. The molecule has 0 heterocycles. The van der Waals surface area contributed by atoms with Gasteiger partial charge in [0.15, 0.2) is 0 Å². The van der Waals surface area contributed by atoms with Crippen LogP contribution in [0.3, 0.4) is 0 Å². The van der Waals surface area contributed by atoms with Gasteiger partial charge in [-0.1, -0.05) is 63.2 Å². The zero-order chi connectivity index (χ0) is 23.6. The van der Waals surface area contributed by atoms with E-state index in [9.17, 15) is 9.59 Å². The van der Waals surface area contributed by atoms with Crippen molar-refractivity contribution in [1.82, 2.24) is 16.0 Å². The van der Waals surface area contributed by atoms with Crippen LogP contribution in [0.25, 0.3) is 0 Å². The fourth-order valence-electron chi connectivity index (χ4n) is 2.97. The molecule has 0 fully saturated rings. The van der Waals surface area contributed by atoms with Crippen LogP contribution >= 0.6 is 11.8 Å². The Hall–Kier alpha value is -2.51. The molecular weight excluding hydrogens is 422 g/mol. The molecule has 0 aromatic heterocycles. The molecule has 2 amide bonds. The number of rotatable bonds is 11. The Morgan fingerprint density at radius 2 is 1.66 bits per heavy atom. The first-order valence-electron chi connectivity index (χ1n) is 10.8. The molecule has 0 aliphatic carbocycles. The zero-order valence-corrected chi connectivity index (χ0v) is 20.4. The fourth-order valence-corrected chi connectivity index (χ4v) is 3.92. The van der Waals surface area contributed by atoms with Crippen molar-refractivity contribution in [3.8, 4) is 5.75 Å². The summed E-state index contributed by atoms with van der Waals surface area (Å²) < 4.78 is 5.36. The van der Waals surface area contributed by atoms with Crippen molar-refractivity contribution in [2.75, 3.05) is 19.4 Å². The molecule has 0 saturated heterocycles. The molecule has 0 aliphatic rings. The summed E-state index contributed by atoms with van der Waals surface area (Å²) in [6.45, 7) is 8.72. The van der Waals surface area contributed by atoms with Gasteiger partial charge in [0, 0.05) is 23.1 Å². The number of carbonyl (C=O) groups excluding carboxylic acids is 2. The maximum Gasteiger partial charge on any atom is 0.239 e. The number of hydrogen-bond donors (Lipinski definition) is 3. The van der Waals surface area contributed by atoms with Crippen molar-refractivity contribution in [2.45, 2.75) is 51.1 Å². The molecule has 2 aromatic carbocycles. The highest BCUT2D eigenvalue weighted by Gasteiger charge is 2.22. The van der Waals surface area contributed by atoms with Gasteiger partial charge in [-0.15, -0.1) is 0 Å². The van der Waals surface area contributed by atoms with E-state index in [2.05, 4.69) is 36.7 Å². The molecule has 0 saturated carbocycles. The highest BCUT2D eigenvalue weighted by atomic mass is 32.2. The number of ether oxygens (including phenoxy) is 1. The van der Waals surface area contributed by atoms with E-state index in [0.717, 1.165) is 22.6 Å². The minimum Gasteiger partial charge on any atom is -0.497 e. The number of nitrogens with one attached hydrogen (secondary N) is 3. The largest absolute Gasteiger partial charge is 0.497 e. The summed E-state index contributed by atoms with van der Waals surface area (Å²) in [4.78, 5) is 24.7. The Morgan fingerprint density at radius 1 is 1.00 bits per heavy atom. The third-order valence-corrected chi connectivity index (χ3v) is 6.17. The number of carbonyl (C=O) groups is 2. The molecule has 6 nitrogen and oxygen atoms in total. The lowest BCUT2D eigenvalue weighted by Crippen LogP contribution is -2.47. The van der Waals surface area contributed by atoms with E-state index in [0.29, 0.717) is 6.54 Å². The standard InChI is InChI=1S/C25H35N3O3S/c1-18(24(30)27-16-23(29)26-15-19-9-7-6-8-10-19)28-22(17-32-25(2,3)4)20-11-13-21(31-5)14-12-20/h6-14,18,22,28H,15-17H2,1-5H3,(H,26,29)(H,27,30)/t18-,22+/m0/s1. The maximum absolute atomic E-state index is 12.6. The maximum atomic E-state index is 12.6. The second-order valence-electron chi connectivity index (χ2n) is 8.62. The minimum absolute atomic E-state index is 0.0159. The molecule has 174 valence electrons. The number of thioether (sulfide) groups is 1. The molecule has 2 rings (SSSR count). The van der Waals surface area contributed by atoms with Crippen LogP contribution in [0.2, 0.25) is 0 Å². The zero-order valence-electron chi connectivity index (χ0n) is 19.6. The second-order valence-corrected chi connectivity index (χ2v) is 10.5. The summed E-state index contributed by atoms with van der Waals surface area (Å²) in [6, 6.07) is 17.1. The minimum atomic E-state index is -0.454. The SMILES string of the molecule is COc1ccc([C@@H](CSC(C)(C)C)N[C@@H](C)C(=O)NCC(=O)NCc2ccccc2)cc1. The Balaban J connectivity index is 1.89. The number of amides is 2. The predicted molar refractivity (Wildman–Crippen MR) is 132 cm³/mol. The molecule has 0 unspecified atom stereocenters. The van der Waals surface area contributed by atoms with Gasteiger partial charge in [0.05, 0.1) is 19.7 Å². The van der Waals surface area contributed by atoms with Gasteiger partial charge in [-0.25, -0.2) is 0 Å². The predicted octanol–water partition coefficient (Wildman–Crippen LogP) is 3.68. The summed E-state index contributed by atoms with van der Waals surface area (Å²) in [5, 5.41) is 8.96. The first-order valence-corrected chi connectivity index (χ1v) is 11.8. The van der Waals surface area contributed by atoms with Gasteiger partial charge >= 0.3 is 0 Å². The van der Waals surface area contributed by atoms with Crippen LogP contribution in [0, 0.1) is 0 Å². The second kappa shape index (κ2) is 12.5. The van der Waals surface area contributed by atoms with Gasteiger partial charge in [0.25, 0.3) is 0 Å². The summed E-state index contributed by atoms with van der Waals surface area (Å²) in [5.74, 6) is 1.18. The summed E-state index contributed by atoms with van der Waals surface area (Å²) in [6.07, 6.45) is 0. The lowest BCUT2D eigenvalue weighted by atomic mass is 10.1. The Morgan fingerprint density at radius 3 is 2.25 bits per heavy atom. The van der Waals surface area contributed by atoms with E-state index in [4.69, 9.17) is 4.74 Å². The topological polar surface area (TPSA) is 79.5 Å². The van der Waals surface area contributed by atoms with Crippen LogP contribution in [0.1, 0.15) is 44.9 Å². The molecule has 0 spiro atoms. The van der Waals surface area contributed by atoms with Gasteiger partial charge in [0.2, 0.25) is 11.8 Å². The first kappa shape index (κ1) is 25.7. The molecule has 0 radical (unpaired) electrons. The fraction of sp³-hybridized carbons (Fsp3) is 0.440. The Bertz CT molecular complexity index is 851. The molecule has 2 aromatic rings. The molecular formula is C25H35N3O3S. The molecule has 0 bridgehead atoms. The van der Waals surface area contributed by atoms with E-state index in [1.165, 1.54) is 0 Å². The number of methoxy groups -OCH3 is 1. The van der Waals surface area contributed by atoms with Crippen molar-refractivity contribution < 1.29 is 14.3 Å². The third kappa shape index (κ3) is 9.32. The van der Waals surface area contributed by atoms with Crippen LogP contribution < -0.4 is 20.7 Å². The van der Waals surface area contributed by atoms with E-state index in [1.807, 2.05) is 73.3 Å². The summed E-state index contributed by atoms with van der Waals surface area (Å²) >= 11 is 1.83. The lowest BCUT2D eigenvalue weighted by molar-refractivity contribution is -0.127. The van der Waals surface area contributed by atoms with Crippen molar-refractivity contribution in [2.24, 2.45) is 0 Å². The average Bonchev–Trinajstić information content (AvgIpc) is 2.78. The molecule has 0 aliphatic heterocycles. The normalized spacial score (nSPS) is 13.2. The van der Waals surface area contributed by atoms with Crippen molar-refractivity contribution in [3.63, 3.8) is 0 Å². The summed E-state index contributed by atoms with van der Waals surface area (Å²) in [5.41, 5.74) is 2.10. The highest BCUT2D eigenvalue weighted by molar-refractivity contribution is 8.00. The van der Waals surface area contributed by atoms with Crippen molar-refractivity contribution >= 4 is 23.6 Å². The van der Waals surface area contributed by atoms with Gasteiger partial charge in [-0.3, -0.25) is 14.9 Å². The van der Waals surface area contributed by atoms with Crippen molar-refractivity contribution in [3.05, 3.63) is 65.7 Å². The monoisotopic (exact) mass is 457 g/mol. The molecule has 2 atom stereocenters. The molecule has 7 heteroatoms. The highest BCUT2D eigenvalue weighted by Crippen LogP contribution is 2.29. The first-order chi connectivity index (χ1) is 15.2. The van der Waals surface area contributed by atoms with Gasteiger partial charge in [-0.2, -0.15) is 11.8 Å². The number of benzene rings is 2. The Kier molecular flexibility index (Phi) is 10.1. The van der Waals surface area contributed by atoms with Crippen LogP contribution in [0.15, 0.2) is 54.6 Å².